The number of hydrogen-bond donors (Lipinski definition) is 3. The quantitative estimate of drug-likeness (QED) is 0.393. The van der Waals surface area contributed by atoms with E-state index in [0.717, 1.165) is 17.5 Å². The van der Waals surface area contributed by atoms with E-state index in [1.165, 1.54) is 6.92 Å². The number of esters is 2. The average molecular weight is 544 g/mol. The molecular formula is C28H33NO10. The maximum atomic E-state index is 13.0. The van der Waals surface area contributed by atoms with Crippen LogP contribution in [-0.2, 0) is 34.1 Å². The molecule has 0 bridgehead atoms. The van der Waals surface area contributed by atoms with Gasteiger partial charge in [-0.3, -0.25) is 9.59 Å². The van der Waals surface area contributed by atoms with Crippen molar-refractivity contribution in [2.45, 2.75) is 82.1 Å². The molecule has 1 unspecified atom stereocenters. The first-order valence-corrected chi connectivity index (χ1v) is 13.2. The third kappa shape index (κ3) is 4.14. The van der Waals surface area contributed by atoms with E-state index in [-0.39, 0.29) is 24.5 Å². The maximum absolute atomic E-state index is 13.0. The Morgan fingerprint density at radius 3 is 2.67 bits per heavy atom. The number of benzene rings is 1. The highest BCUT2D eigenvalue weighted by molar-refractivity contribution is 5.88. The lowest BCUT2D eigenvalue weighted by Crippen LogP contribution is -2.59. The van der Waals surface area contributed by atoms with Gasteiger partial charge in [0.05, 0.1) is 24.5 Å². The van der Waals surface area contributed by atoms with Crippen molar-refractivity contribution in [2.24, 2.45) is 11.8 Å². The molecule has 4 aliphatic rings. The molecule has 1 heterocycles. The monoisotopic (exact) mass is 543 g/mol. The molecule has 2 saturated carbocycles. The Balaban J connectivity index is 1.34. The smallest absolute Gasteiger partial charge is 0.352 e. The van der Waals surface area contributed by atoms with Gasteiger partial charge in [0, 0.05) is 12.0 Å². The zero-order chi connectivity index (χ0) is 28.3. The van der Waals surface area contributed by atoms with Crippen LogP contribution < -0.4 is 14.8 Å². The highest BCUT2D eigenvalue weighted by atomic mass is 16.6. The fourth-order valence-corrected chi connectivity index (χ4v) is 6.72. The summed E-state index contributed by atoms with van der Waals surface area (Å²) in [7, 11) is 1.54. The van der Waals surface area contributed by atoms with Crippen LogP contribution in [0, 0.1) is 18.8 Å². The van der Waals surface area contributed by atoms with Gasteiger partial charge in [-0.25, -0.2) is 9.59 Å². The Morgan fingerprint density at radius 1 is 1.26 bits per heavy atom. The van der Waals surface area contributed by atoms with Gasteiger partial charge in [0.25, 0.3) is 0 Å². The van der Waals surface area contributed by atoms with Crippen LogP contribution in [0.1, 0.15) is 57.1 Å². The largest absolute Gasteiger partial charge is 0.493 e. The highest BCUT2D eigenvalue weighted by Gasteiger charge is 2.77. The number of carboxylic acid groups (broad SMARTS) is 1. The first-order valence-electron chi connectivity index (χ1n) is 13.2. The number of aliphatic carboxylic acids is 1. The molecule has 1 aromatic carbocycles. The van der Waals surface area contributed by atoms with Gasteiger partial charge in [-0.05, 0) is 62.7 Å². The molecule has 1 aromatic rings. The lowest BCUT2D eigenvalue weighted by molar-refractivity contribution is -0.167. The number of aryl methyl sites for hydroxylation is 1. The molecule has 5 rings (SSSR count). The summed E-state index contributed by atoms with van der Waals surface area (Å²) in [6, 6.07) is 2.26. The van der Waals surface area contributed by atoms with E-state index in [9.17, 15) is 29.4 Å². The van der Waals surface area contributed by atoms with Gasteiger partial charge in [-0.2, -0.15) is 0 Å². The first kappa shape index (κ1) is 27.0. The van der Waals surface area contributed by atoms with Crippen LogP contribution in [0.4, 0.5) is 0 Å². The van der Waals surface area contributed by atoms with Crippen molar-refractivity contribution in [3.05, 3.63) is 35.1 Å². The van der Waals surface area contributed by atoms with Crippen molar-refractivity contribution in [3.8, 4) is 11.5 Å². The van der Waals surface area contributed by atoms with Crippen molar-refractivity contribution in [2.75, 3.05) is 7.11 Å². The molecular weight excluding hydrogens is 510 g/mol. The zero-order valence-corrected chi connectivity index (χ0v) is 22.3. The second-order valence-corrected chi connectivity index (χ2v) is 10.9. The summed E-state index contributed by atoms with van der Waals surface area (Å²) in [5.41, 5.74) is -0.0547. The second-order valence-electron chi connectivity index (χ2n) is 10.9. The number of rotatable bonds is 9. The van der Waals surface area contributed by atoms with Crippen molar-refractivity contribution >= 4 is 23.8 Å². The molecule has 2 fully saturated rings. The van der Waals surface area contributed by atoms with Crippen LogP contribution >= 0.6 is 0 Å². The van der Waals surface area contributed by atoms with E-state index in [1.54, 1.807) is 26.2 Å². The number of carbonyl (C=O) groups is 4. The summed E-state index contributed by atoms with van der Waals surface area (Å²) in [6.07, 6.45) is 0.829. The van der Waals surface area contributed by atoms with Gasteiger partial charge >= 0.3 is 17.9 Å². The molecule has 210 valence electrons. The molecule has 3 N–H and O–H groups in total. The average Bonchev–Trinajstić information content (AvgIpc) is 3.50. The normalized spacial score (nSPS) is 30.7. The van der Waals surface area contributed by atoms with Gasteiger partial charge in [0.1, 0.15) is 11.8 Å². The van der Waals surface area contributed by atoms with Crippen LogP contribution in [0.25, 0.3) is 0 Å². The lowest BCUT2D eigenvalue weighted by Gasteiger charge is -2.47. The fourth-order valence-electron chi connectivity index (χ4n) is 6.72. The number of carbonyl (C=O) groups excluding carboxylic acids is 3. The van der Waals surface area contributed by atoms with Crippen molar-refractivity contribution in [1.82, 2.24) is 5.32 Å². The fraction of sp³-hybridized carbons (Fsp3) is 0.571. The number of aliphatic hydroxyl groups is 1. The first-order chi connectivity index (χ1) is 18.5. The van der Waals surface area contributed by atoms with Gasteiger partial charge in [-0.1, -0.05) is 13.0 Å². The number of methoxy groups -OCH3 is 1. The predicted octanol–water partition coefficient (Wildman–Crippen LogP) is 1.91. The molecule has 1 amide bonds. The summed E-state index contributed by atoms with van der Waals surface area (Å²) in [5.74, 6) is -2.02. The number of ether oxygens (including phenoxy) is 4. The molecule has 0 aromatic heterocycles. The molecule has 39 heavy (non-hydrogen) atoms. The minimum atomic E-state index is -1.48. The van der Waals surface area contributed by atoms with Gasteiger partial charge in [0.15, 0.2) is 23.7 Å². The number of amides is 1. The summed E-state index contributed by atoms with van der Waals surface area (Å²) in [6.45, 7) is 4.83. The summed E-state index contributed by atoms with van der Waals surface area (Å²) in [5, 5.41) is 23.6. The molecule has 3 aliphatic carbocycles. The summed E-state index contributed by atoms with van der Waals surface area (Å²) >= 11 is 0. The van der Waals surface area contributed by atoms with E-state index in [2.05, 4.69) is 5.32 Å². The topological polar surface area (TPSA) is 158 Å². The van der Waals surface area contributed by atoms with Crippen molar-refractivity contribution in [1.29, 1.82) is 0 Å². The summed E-state index contributed by atoms with van der Waals surface area (Å²) < 4.78 is 22.8. The highest BCUT2D eigenvalue weighted by Crippen LogP contribution is 2.74. The number of nitrogens with one attached hydrogen (secondary N) is 1. The third-order valence-electron chi connectivity index (χ3n) is 8.63. The Hall–Kier alpha value is -3.60. The van der Waals surface area contributed by atoms with E-state index < -0.39 is 59.5 Å². The molecule has 11 heteroatoms. The van der Waals surface area contributed by atoms with E-state index >= 15 is 0 Å². The van der Waals surface area contributed by atoms with Crippen LogP contribution in [-0.4, -0.2) is 65.0 Å². The molecule has 1 aliphatic heterocycles. The maximum Gasteiger partial charge on any atom is 0.352 e. The standard InChI is InChI=1S/C28H33NO10/c1-5-20(30)29-17(25(32)33)11-21(31)37-14(3)26(34)38-19-8-9-28(35)16-10-15(16)12-27(28)22-13(2)6-7-18(36-4)23(22)39-24(19)27/h6-8,14-17,24,35H,5,9-12H2,1-4H3,(H,29,30)(H,32,33)/t14-,15?,16+,17-,24-,27-,28+/m0/s1. The van der Waals surface area contributed by atoms with Gasteiger partial charge in [-0.15, -0.1) is 0 Å². The van der Waals surface area contributed by atoms with Crippen molar-refractivity contribution in [3.63, 3.8) is 0 Å². The molecule has 0 saturated heterocycles. The third-order valence-corrected chi connectivity index (χ3v) is 8.63. The van der Waals surface area contributed by atoms with E-state index in [4.69, 9.17) is 18.9 Å². The predicted molar refractivity (Wildman–Crippen MR) is 134 cm³/mol. The van der Waals surface area contributed by atoms with Crippen LogP contribution in [0.2, 0.25) is 0 Å². The van der Waals surface area contributed by atoms with Crippen LogP contribution in [0.3, 0.4) is 0 Å². The molecule has 0 radical (unpaired) electrons. The Kier molecular flexibility index (Phi) is 6.61. The number of hydrogen-bond acceptors (Lipinski definition) is 9. The van der Waals surface area contributed by atoms with Crippen LogP contribution in [0.15, 0.2) is 24.0 Å². The number of fused-ring (bicyclic) bond motifs is 3. The molecule has 11 nitrogen and oxygen atoms in total. The minimum absolute atomic E-state index is 0.0489. The SMILES string of the molecule is CCC(=O)N[C@@H](CC(=O)O[C@@H](C)C(=O)OC1=CC[C@@]2(O)[C@@H]3CC3C[C@@]23c2c(C)ccc(OC)c2O[C@@H]13)C(=O)O. The Morgan fingerprint density at radius 2 is 2.00 bits per heavy atom. The molecule has 7 atom stereocenters. The van der Waals surface area contributed by atoms with E-state index in [0.29, 0.717) is 23.8 Å². The van der Waals surface area contributed by atoms with Gasteiger partial charge < -0.3 is 34.5 Å². The van der Waals surface area contributed by atoms with E-state index in [1.807, 2.05) is 13.0 Å². The van der Waals surface area contributed by atoms with Gasteiger partial charge in [0.2, 0.25) is 5.91 Å². The van der Waals surface area contributed by atoms with Crippen molar-refractivity contribution < 1.29 is 48.3 Å². The summed E-state index contributed by atoms with van der Waals surface area (Å²) in [4.78, 5) is 48.4. The van der Waals surface area contributed by atoms with Crippen LogP contribution in [0.5, 0.6) is 11.5 Å². The Bertz CT molecular complexity index is 1270. The zero-order valence-electron chi connectivity index (χ0n) is 22.3. The minimum Gasteiger partial charge on any atom is -0.493 e. The lowest BCUT2D eigenvalue weighted by atomic mass is 9.59. The molecule has 1 spiro atoms. The Labute approximate surface area is 225 Å². The second kappa shape index (κ2) is 9.55. The number of carboxylic acids is 1.